The largest absolute Gasteiger partial charge is 0.416 e. The van der Waals surface area contributed by atoms with Crippen LogP contribution in [0.1, 0.15) is 46.6 Å². The van der Waals surface area contributed by atoms with Gasteiger partial charge < -0.3 is 4.90 Å². The highest BCUT2D eigenvalue weighted by Gasteiger charge is 2.32. The molecule has 0 aliphatic carbocycles. The number of benzene rings is 2. The van der Waals surface area contributed by atoms with E-state index >= 15 is 0 Å². The van der Waals surface area contributed by atoms with Crippen LogP contribution in [0.15, 0.2) is 65.5 Å². The lowest BCUT2D eigenvalue weighted by Gasteiger charge is -2.24. The molecule has 2 aromatic carbocycles. The summed E-state index contributed by atoms with van der Waals surface area (Å²) >= 11 is 0. The van der Waals surface area contributed by atoms with Crippen molar-refractivity contribution in [3.63, 3.8) is 0 Å². The van der Waals surface area contributed by atoms with Gasteiger partial charge in [0.15, 0.2) is 5.69 Å². The predicted octanol–water partition coefficient (Wildman–Crippen LogP) is 4.80. The zero-order chi connectivity index (χ0) is 23.6. The molecular weight excluding hydrogens is 431 g/mol. The van der Waals surface area contributed by atoms with E-state index in [0.717, 1.165) is 37.8 Å². The van der Waals surface area contributed by atoms with E-state index in [2.05, 4.69) is 5.10 Å². The molecule has 4 rings (SSSR count). The molecule has 1 fully saturated rings. The van der Waals surface area contributed by atoms with E-state index in [0.29, 0.717) is 12.2 Å². The standard InChI is InChI=1S/C25H24F3N3O2/c1-17-15-22(32)23(29-31(17)21-10-5-9-19(16-21)25(26,27)28)24(33)30-14-6-11-20(30)13-12-18-7-3-2-4-8-18/h2-5,7-10,15-16,20H,6,11-14H2,1H3. The van der Waals surface area contributed by atoms with E-state index in [-0.39, 0.29) is 17.4 Å². The summed E-state index contributed by atoms with van der Waals surface area (Å²) in [5.41, 5.74) is 0.0286. The molecule has 1 aromatic heterocycles. The highest BCUT2D eigenvalue weighted by atomic mass is 19.4. The first kappa shape index (κ1) is 22.8. The fourth-order valence-corrected chi connectivity index (χ4v) is 4.29. The van der Waals surface area contributed by atoms with Crippen LogP contribution in [0.25, 0.3) is 5.69 Å². The third-order valence-corrected chi connectivity index (χ3v) is 5.98. The number of hydrogen-bond acceptors (Lipinski definition) is 3. The Kier molecular flexibility index (Phi) is 6.35. The minimum Gasteiger partial charge on any atom is -0.334 e. The molecule has 8 heteroatoms. The van der Waals surface area contributed by atoms with Crippen LogP contribution >= 0.6 is 0 Å². The first-order valence-corrected chi connectivity index (χ1v) is 10.9. The Hall–Kier alpha value is -3.42. The predicted molar refractivity (Wildman–Crippen MR) is 118 cm³/mol. The van der Waals surface area contributed by atoms with Gasteiger partial charge in [-0.1, -0.05) is 36.4 Å². The van der Waals surface area contributed by atoms with Crippen molar-refractivity contribution in [2.24, 2.45) is 0 Å². The van der Waals surface area contributed by atoms with Crippen LogP contribution in [-0.4, -0.2) is 33.2 Å². The zero-order valence-corrected chi connectivity index (χ0v) is 18.2. The summed E-state index contributed by atoms with van der Waals surface area (Å²) in [5.74, 6) is -0.476. The summed E-state index contributed by atoms with van der Waals surface area (Å²) in [4.78, 5) is 27.6. The number of halogens is 3. The summed E-state index contributed by atoms with van der Waals surface area (Å²) < 4.78 is 40.7. The van der Waals surface area contributed by atoms with Crippen LogP contribution in [-0.2, 0) is 12.6 Å². The van der Waals surface area contributed by atoms with Gasteiger partial charge in [0.1, 0.15) is 0 Å². The minimum absolute atomic E-state index is 0.0118. The van der Waals surface area contributed by atoms with Gasteiger partial charge >= 0.3 is 6.18 Å². The van der Waals surface area contributed by atoms with Crippen molar-refractivity contribution in [3.05, 3.63) is 93.4 Å². The lowest BCUT2D eigenvalue weighted by atomic mass is 10.0. The third kappa shape index (κ3) is 4.99. The van der Waals surface area contributed by atoms with Gasteiger partial charge in [-0.3, -0.25) is 9.59 Å². The van der Waals surface area contributed by atoms with Crippen molar-refractivity contribution < 1.29 is 18.0 Å². The van der Waals surface area contributed by atoms with Gasteiger partial charge in [0.25, 0.3) is 5.91 Å². The van der Waals surface area contributed by atoms with Crippen LogP contribution < -0.4 is 5.43 Å². The summed E-state index contributed by atoms with van der Waals surface area (Å²) in [6.45, 7) is 2.10. The summed E-state index contributed by atoms with van der Waals surface area (Å²) in [5, 5.41) is 4.21. The minimum atomic E-state index is -4.51. The first-order chi connectivity index (χ1) is 15.7. The second-order valence-electron chi connectivity index (χ2n) is 8.28. The average molecular weight is 455 g/mol. The van der Waals surface area contributed by atoms with Crippen LogP contribution in [0, 0.1) is 6.92 Å². The summed E-state index contributed by atoms with van der Waals surface area (Å²) in [7, 11) is 0. The Bertz CT molecular complexity index is 1210. The Morgan fingerprint density at radius 3 is 2.58 bits per heavy atom. The zero-order valence-electron chi connectivity index (χ0n) is 18.2. The quantitative estimate of drug-likeness (QED) is 0.556. The van der Waals surface area contributed by atoms with Crippen LogP contribution in [0.5, 0.6) is 0 Å². The number of amides is 1. The average Bonchev–Trinajstić information content (AvgIpc) is 3.26. The van der Waals surface area contributed by atoms with E-state index in [1.54, 1.807) is 11.8 Å². The molecule has 172 valence electrons. The van der Waals surface area contributed by atoms with E-state index in [1.165, 1.54) is 28.4 Å². The van der Waals surface area contributed by atoms with Gasteiger partial charge in [0.05, 0.1) is 11.3 Å². The molecule has 0 spiro atoms. The normalized spacial score (nSPS) is 16.2. The molecular formula is C25H24F3N3O2. The number of nitrogens with zero attached hydrogens (tertiary/aromatic N) is 3. The molecule has 3 aromatic rings. The Morgan fingerprint density at radius 2 is 1.85 bits per heavy atom. The molecule has 0 bridgehead atoms. The Labute approximate surface area is 189 Å². The van der Waals surface area contributed by atoms with Crippen molar-refractivity contribution >= 4 is 5.91 Å². The molecule has 5 nitrogen and oxygen atoms in total. The lowest BCUT2D eigenvalue weighted by molar-refractivity contribution is -0.137. The van der Waals surface area contributed by atoms with Crippen molar-refractivity contribution in [1.29, 1.82) is 0 Å². The van der Waals surface area contributed by atoms with E-state index in [1.807, 2.05) is 30.3 Å². The number of carbonyl (C=O) groups is 1. The molecule has 2 heterocycles. The molecule has 1 aliphatic rings. The van der Waals surface area contributed by atoms with Gasteiger partial charge in [-0.25, -0.2) is 4.68 Å². The number of alkyl halides is 3. The number of likely N-dealkylation sites (tertiary alicyclic amines) is 1. The van der Waals surface area contributed by atoms with Gasteiger partial charge in [-0.2, -0.15) is 18.3 Å². The highest BCUT2D eigenvalue weighted by Crippen LogP contribution is 2.30. The van der Waals surface area contributed by atoms with Gasteiger partial charge in [-0.05, 0) is 56.4 Å². The van der Waals surface area contributed by atoms with Crippen LogP contribution in [0.4, 0.5) is 13.2 Å². The van der Waals surface area contributed by atoms with Crippen molar-refractivity contribution in [3.8, 4) is 5.69 Å². The van der Waals surface area contributed by atoms with E-state index in [4.69, 9.17) is 0 Å². The third-order valence-electron chi connectivity index (χ3n) is 5.98. The smallest absolute Gasteiger partial charge is 0.334 e. The Morgan fingerprint density at radius 1 is 1.09 bits per heavy atom. The number of aryl methyl sites for hydroxylation is 2. The van der Waals surface area contributed by atoms with Gasteiger partial charge in [0.2, 0.25) is 5.43 Å². The SMILES string of the molecule is Cc1cc(=O)c(C(=O)N2CCCC2CCc2ccccc2)nn1-c1cccc(C(F)(F)F)c1. The molecule has 0 N–H and O–H groups in total. The van der Waals surface area contributed by atoms with Crippen LogP contribution in [0.3, 0.4) is 0 Å². The molecule has 1 aliphatic heterocycles. The molecule has 0 saturated carbocycles. The number of carbonyl (C=O) groups excluding carboxylic acids is 1. The second-order valence-corrected chi connectivity index (χ2v) is 8.28. The molecule has 1 amide bonds. The maximum absolute atomic E-state index is 13.3. The maximum atomic E-state index is 13.3. The summed E-state index contributed by atoms with van der Waals surface area (Å²) in [6, 6.07) is 15.9. The summed E-state index contributed by atoms with van der Waals surface area (Å²) in [6.07, 6.45) is -1.26. The molecule has 0 radical (unpaired) electrons. The number of rotatable bonds is 5. The topological polar surface area (TPSA) is 55.2 Å². The van der Waals surface area contributed by atoms with Crippen molar-refractivity contribution in [2.75, 3.05) is 6.54 Å². The second kappa shape index (κ2) is 9.21. The molecule has 33 heavy (non-hydrogen) atoms. The molecule has 1 atom stereocenters. The number of hydrogen-bond donors (Lipinski definition) is 0. The van der Waals surface area contributed by atoms with E-state index in [9.17, 15) is 22.8 Å². The van der Waals surface area contributed by atoms with Crippen molar-refractivity contribution in [1.82, 2.24) is 14.7 Å². The van der Waals surface area contributed by atoms with E-state index < -0.39 is 23.1 Å². The molecule has 1 unspecified atom stereocenters. The van der Waals surface area contributed by atoms with Crippen molar-refractivity contribution in [2.45, 2.75) is 44.8 Å². The van der Waals surface area contributed by atoms with Crippen LogP contribution in [0.2, 0.25) is 0 Å². The highest BCUT2D eigenvalue weighted by molar-refractivity contribution is 5.92. The lowest BCUT2D eigenvalue weighted by Crippen LogP contribution is -2.39. The van der Waals surface area contributed by atoms with Gasteiger partial charge in [-0.15, -0.1) is 0 Å². The first-order valence-electron chi connectivity index (χ1n) is 10.9. The number of aromatic nitrogens is 2. The molecule has 1 saturated heterocycles. The monoisotopic (exact) mass is 455 g/mol. The fourth-order valence-electron chi connectivity index (χ4n) is 4.29. The Balaban J connectivity index is 1.61. The fraction of sp³-hybridized carbons (Fsp3) is 0.320. The van der Waals surface area contributed by atoms with Gasteiger partial charge in [0, 0.05) is 24.3 Å². The maximum Gasteiger partial charge on any atom is 0.416 e.